The van der Waals surface area contributed by atoms with Crippen LogP contribution in [0.1, 0.15) is 22.7 Å². The molecule has 2 aromatic rings. The molecule has 27 heavy (non-hydrogen) atoms. The lowest BCUT2D eigenvalue weighted by molar-refractivity contribution is -0.138. The van der Waals surface area contributed by atoms with Crippen molar-refractivity contribution in [3.63, 3.8) is 0 Å². The fraction of sp³-hybridized carbons (Fsp3) is 0.429. The first kappa shape index (κ1) is 19.8. The highest BCUT2D eigenvalue weighted by Gasteiger charge is 2.30. The Balaban J connectivity index is 1.60. The first-order valence-corrected chi connectivity index (χ1v) is 9.66. The summed E-state index contributed by atoms with van der Waals surface area (Å²) in [5.74, 6) is 0.177. The quantitative estimate of drug-likeness (QED) is 0.740. The zero-order chi connectivity index (χ0) is 19.4. The molecule has 1 atom stereocenters. The van der Waals surface area contributed by atoms with E-state index in [-0.39, 0.29) is 11.9 Å². The van der Waals surface area contributed by atoms with Crippen molar-refractivity contribution in [2.24, 2.45) is 0 Å². The average Bonchev–Trinajstić information content (AvgIpc) is 2.65. The predicted molar refractivity (Wildman–Crippen MR) is 109 cm³/mol. The molecule has 144 valence electrons. The molecular weight excluding hydrogens is 360 g/mol. The van der Waals surface area contributed by atoms with Crippen LogP contribution in [-0.4, -0.2) is 65.9 Å². The fourth-order valence-electron chi connectivity index (χ4n) is 3.47. The molecule has 3 rings (SSSR count). The van der Waals surface area contributed by atoms with Gasteiger partial charge in [0.15, 0.2) is 0 Å². The van der Waals surface area contributed by atoms with E-state index < -0.39 is 0 Å². The highest BCUT2D eigenvalue weighted by Crippen LogP contribution is 2.22. The van der Waals surface area contributed by atoms with Gasteiger partial charge in [-0.15, -0.1) is 0 Å². The molecule has 0 radical (unpaired) electrons. The van der Waals surface area contributed by atoms with E-state index in [0.717, 1.165) is 43.9 Å². The molecular formula is C21H27ClN4O. The summed E-state index contributed by atoms with van der Waals surface area (Å²) in [5, 5.41) is 0.514. The monoisotopic (exact) mass is 386 g/mol. The number of hydrogen-bond acceptors (Lipinski definition) is 4. The Morgan fingerprint density at radius 3 is 2.33 bits per heavy atom. The van der Waals surface area contributed by atoms with Crippen LogP contribution in [0.25, 0.3) is 0 Å². The van der Waals surface area contributed by atoms with Crippen LogP contribution in [0, 0.1) is 6.92 Å². The van der Waals surface area contributed by atoms with Crippen LogP contribution in [0.4, 0.5) is 0 Å². The van der Waals surface area contributed by atoms with Crippen molar-refractivity contribution in [3.05, 3.63) is 64.4 Å². The summed E-state index contributed by atoms with van der Waals surface area (Å²) < 4.78 is 0. The molecule has 1 aromatic carbocycles. The normalized spacial score (nSPS) is 16.6. The van der Waals surface area contributed by atoms with Crippen molar-refractivity contribution in [2.75, 3.05) is 40.3 Å². The van der Waals surface area contributed by atoms with E-state index in [9.17, 15) is 4.79 Å². The Morgan fingerprint density at radius 2 is 1.78 bits per heavy atom. The number of carbonyl (C=O) groups is 1. The van der Waals surface area contributed by atoms with Crippen molar-refractivity contribution < 1.29 is 4.79 Å². The van der Waals surface area contributed by atoms with E-state index in [1.54, 1.807) is 0 Å². The number of rotatable bonds is 5. The molecule has 1 fully saturated rings. The maximum absolute atomic E-state index is 13.2. The first-order chi connectivity index (χ1) is 12.9. The molecule has 1 amide bonds. The van der Waals surface area contributed by atoms with E-state index in [0.29, 0.717) is 5.15 Å². The molecule has 0 aliphatic carbocycles. The maximum atomic E-state index is 13.2. The van der Waals surface area contributed by atoms with Gasteiger partial charge in [0.2, 0.25) is 5.91 Å². The van der Waals surface area contributed by atoms with Crippen LogP contribution in [0.2, 0.25) is 5.15 Å². The summed E-state index contributed by atoms with van der Waals surface area (Å²) in [4.78, 5) is 23.6. The maximum Gasteiger partial charge on any atom is 0.244 e. The first-order valence-electron chi connectivity index (χ1n) is 9.28. The molecule has 1 aromatic heterocycles. The molecule has 0 spiro atoms. The number of halogens is 1. The van der Waals surface area contributed by atoms with Crippen molar-refractivity contribution >= 4 is 17.5 Å². The number of carbonyl (C=O) groups excluding carboxylic acids is 1. The van der Waals surface area contributed by atoms with E-state index in [1.165, 1.54) is 5.56 Å². The lowest BCUT2D eigenvalue weighted by Gasteiger charge is -2.37. The van der Waals surface area contributed by atoms with Gasteiger partial charge in [0.05, 0.1) is 0 Å². The number of amides is 1. The van der Waals surface area contributed by atoms with Crippen LogP contribution in [0.5, 0.6) is 0 Å². The summed E-state index contributed by atoms with van der Waals surface area (Å²) in [5.41, 5.74) is 3.39. The van der Waals surface area contributed by atoms with Gasteiger partial charge in [0.25, 0.3) is 0 Å². The number of hydrogen-bond donors (Lipinski definition) is 0. The van der Waals surface area contributed by atoms with Crippen LogP contribution in [0.3, 0.4) is 0 Å². The number of pyridine rings is 1. The second kappa shape index (κ2) is 8.83. The largest absolute Gasteiger partial charge is 0.338 e. The third kappa shape index (κ3) is 5.06. The second-order valence-corrected chi connectivity index (χ2v) is 7.75. The molecule has 2 heterocycles. The van der Waals surface area contributed by atoms with Crippen LogP contribution in [0.15, 0.2) is 42.6 Å². The topological polar surface area (TPSA) is 39.7 Å². The van der Waals surface area contributed by atoms with E-state index in [2.05, 4.69) is 41.1 Å². The fourth-order valence-corrected chi connectivity index (χ4v) is 3.58. The zero-order valence-electron chi connectivity index (χ0n) is 16.2. The van der Waals surface area contributed by atoms with Crippen LogP contribution >= 0.6 is 11.6 Å². The molecule has 1 saturated heterocycles. The van der Waals surface area contributed by atoms with Crippen molar-refractivity contribution in [2.45, 2.75) is 19.5 Å². The Kier molecular flexibility index (Phi) is 6.47. The predicted octanol–water partition coefficient (Wildman–Crippen LogP) is 2.99. The highest BCUT2D eigenvalue weighted by molar-refractivity contribution is 6.29. The van der Waals surface area contributed by atoms with Crippen molar-refractivity contribution in [1.29, 1.82) is 0 Å². The Morgan fingerprint density at radius 1 is 1.11 bits per heavy atom. The van der Waals surface area contributed by atoms with E-state index >= 15 is 0 Å². The summed E-state index contributed by atoms with van der Waals surface area (Å²) in [6.07, 6.45) is 1.82. The molecule has 6 heteroatoms. The Labute approximate surface area is 166 Å². The summed E-state index contributed by atoms with van der Waals surface area (Å²) in [6, 6.07) is 11.8. The lowest BCUT2D eigenvalue weighted by atomic mass is 10.0. The number of aryl methyl sites for hydroxylation is 1. The number of piperazine rings is 1. The molecule has 5 nitrogen and oxygen atoms in total. The molecule has 0 unspecified atom stereocenters. The minimum Gasteiger partial charge on any atom is -0.338 e. The lowest BCUT2D eigenvalue weighted by Crippen LogP contribution is -2.51. The Bertz CT molecular complexity index is 753. The van der Waals surface area contributed by atoms with Gasteiger partial charge in [0, 0.05) is 38.9 Å². The van der Waals surface area contributed by atoms with E-state index in [1.807, 2.05) is 42.2 Å². The van der Waals surface area contributed by atoms with Crippen molar-refractivity contribution in [1.82, 2.24) is 19.7 Å². The molecule has 0 bridgehead atoms. The number of aromatic nitrogens is 1. The van der Waals surface area contributed by atoms with Gasteiger partial charge >= 0.3 is 0 Å². The van der Waals surface area contributed by atoms with Gasteiger partial charge in [-0.1, -0.05) is 47.5 Å². The Hall–Kier alpha value is -1.95. The minimum absolute atomic E-state index is 0.177. The minimum atomic E-state index is -0.238. The third-order valence-electron chi connectivity index (χ3n) is 5.02. The van der Waals surface area contributed by atoms with E-state index in [4.69, 9.17) is 11.6 Å². The summed E-state index contributed by atoms with van der Waals surface area (Å²) >= 11 is 5.85. The smallest absolute Gasteiger partial charge is 0.244 e. The number of nitrogens with zero attached hydrogens (tertiary/aromatic N) is 4. The number of benzene rings is 1. The van der Waals surface area contributed by atoms with Gasteiger partial charge in [-0.05, 0) is 38.2 Å². The van der Waals surface area contributed by atoms with Crippen LogP contribution < -0.4 is 0 Å². The van der Waals surface area contributed by atoms with Gasteiger partial charge in [-0.2, -0.15) is 0 Å². The third-order valence-corrected chi connectivity index (χ3v) is 5.25. The highest BCUT2D eigenvalue weighted by atomic mass is 35.5. The van der Waals surface area contributed by atoms with Gasteiger partial charge < -0.3 is 4.90 Å². The van der Waals surface area contributed by atoms with Gasteiger partial charge in [-0.25, -0.2) is 4.98 Å². The SMILES string of the molecule is Cc1ccc([C@@H](C(=O)N2CCN(Cc3ccc(Cl)nc3)CC2)N(C)C)cc1. The summed E-state index contributed by atoms with van der Waals surface area (Å²) in [6.45, 7) is 6.11. The average molecular weight is 387 g/mol. The number of likely N-dealkylation sites (N-methyl/N-ethyl adjacent to an activating group) is 1. The summed E-state index contributed by atoms with van der Waals surface area (Å²) in [7, 11) is 3.93. The zero-order valence-corrected chi connectivity index (χ0v) is 17.0. The molecule has 0 saturated carbocycles. The molecule has 0 N–H and O–H groups in total. The molecule has 1 aliphatic rings. The second-order valence-electron chi connectivity index (χ2n) is 7.37. The van der Waals surface area contributed by atoms with Crippen molar-refractivity contribution in [3.8, 4) is 0 Å². The van der Waals surface area contributed by atoms with Gasteiger partial charge in [0.1, 0.15) is 11.2 Å². The van der Waals surface area contributed by atoms with Gasteiger partial charge in [-0.3, -0.25) is 14.6 Å². The molecule has 1 aliphatic heterocycles. The van der Waals surface area contributed by atoms with Crippen LogP contribution in [-0.2, 0) is 11.3 Å². The standard InChI is InChI=1S/C21H27ClN4O/c1-16-4-7-18(8-5-16)20(24(2)3)21(27)26-12-10-25(11-13-26)15-17-6-9-19(22)23-14-17/h4-9,14,20H,10-13,15H2,1-3H3/t20-/m0/s1.